The van der Waals surface area contributed by atoms with Crippen LogP contribution in [-0.2, 0) is 9.53 Å². The molecule has 3 nitrogen and oxygen atoms in total. The fourth-order valence-electron chi connectivity index (χ4n) is 1.40. The topological polar surface area (TPSA) is 46.5 Å². The highest BCUT2D eigenvalue weighted by atomic mass is 16.5. The fourth-order valence-corrected chi connectivity index (χ4v) is 1.40. The molecule has 82 valence electrons. The van der Waals surface area contributed by atoms with Crippen molar-refractivity contribution in [3.63, 3.8) is 0 Å². The lowest BCUT2D eigenvalue weighted by atomic mass is 9.80. The van der Waals surface area contributed by atoms with E-state index in [1.807, 2.05) is 13.8 Å². The van der Waals surface area contributed by atoms with Crippen LogP contribution in [0.4, 0.5) is 0 Å². The van der Waals surface area contributed by atoms with Gasteiger partial charge in [-0.25, -0.2) is 4.79 Å². The predicted molar refractivity (Wildman–Crippen MR) is 55.9 cm³/mol. The third-order valence-corrected chi connectivity index (χ3v) is 2.83. The van der Waals surface area contributed by atoms with Crippen molar-refractivity contribution < 1.29 is 14.6 Å². The molecule has 0 aliphatic heterocycles. The summed E-state index contributed by atoms with van der Waals surface area (Å²) in [6.45, 7) is 7.92. The van der Waals surface area contributed by atoms with Crippen molar-refractivity contribution in [3.05, 3.63) is 12.7 Å². The summed E-state index contributed by atoms with van der Waals surface area (Å²) in [5.41, 5.74) is -0.0760. The van der Waals surface area contributed by atoms with Crippen LogP contribution >= 0.6 is 0 Å². The summed E-state index contributed by atoms with van der Waals surface area (Å²) in [7, 11) is 0. The third-order valence-electron chi connectivity index (χ3n) is 2.83. The summed E-state index contributed by atoms with van der Waals surface area (Å²) < 4.78 is 5.02. The first kappa shape index (κ1) is 13.2. The molecule has 0 heterocycles. The van der Waals surface area contributed by atoms with Crippen molar-refractivity contribution in [2.45, 2.75) is 33.1 Å². The smallest absolute Gasteiger partial charge is 0.330 e. The largest absolute Gasteiger partial charge is 0.462 e. The molecular formula is C11H20O3. The van der Waals surface area contributed by atoms with Crippen LogP contribution in [0.25, 0.3) is 0 Å². The SMILES string of the molecule is C=CC(=O)OCC(CC)(CC)CCO. The highest BCUT2D eigenvalue weighted by molar-refractivity contribution is 5.81. The first-order valence-electron chi connectivity index (χ1n) is 5.04. The third kappa shape index (κ3) is 3.92. The molecule has 0 fully saturated rings. The zero-order valence-corrected chi connectivity index (χ0v) is 9.08. The molecule has 0 spiro atoms. The van der Waals surface area contributed by atoms with E-state index < -0.39 is 5.97 Å². The van der Waals surface area contributed by atoms with Gasteiger partial charge in [0.25, 0.3) is 0 Å². The Morgan fingerprint density at radius 2 is 2.07 bits per heavy atom. The molecule has 0 saturated carbocycles. The molecule has 0 radical (unpaired) electrons. The molecule has 0 aliphatic carbocycles. The normalized spacial score (nSPS) is 11.1. The Labute approximate surface area is 85.8 Å². The van der Waals surface area contributed by atoms with Crippen LogP contribution in [0, 0.1) is 5.41 Å². The molecule has 0 unspecified atom stereocenters. The van der Waals surface area contributed by atoms with Crippen LogP contribution in [0.15, 0.2) is 12.7 Å². The minimum Gasteiger partial charge on any atom is -0.462 e. The van der Waals surface area contributed by atoms with Crippen LogP contribution < -0.4 is 0 Å². The lowest BCUT2D eigenvalue weighted by Gasteiger charge is -2.30. The average Bonchev–Trinajstić information content (AvgIpc) is 2.24. The van der Waals surface area contributed by atoms with E-state index in [9.17, 15) is 4.79 Å². The van der Waals surface area contributed by atoms with Crippen molar-refractivity contribution in [2.24, 2.45) is 5.41 Å². The second-order valence-electron chi connectivity index (χ2n) is 3.49. The molecule has 0 saturated heterocycles. The lowest BCUT2D eigenvalue weighted by molar-refractivity contribution is -0.142. The van der Waals surface area contributed by atoms with Crippen LogP contribution in [0.3, 0.4) is 0 Å². The molecule has 14 heavy (non-hydrogen) atoms. The number of esters is 1. The summed E-state index contributed by atoms with van der Waals surface area (Å²) in [4.78, 5) is 10.9. The predicted octanol–water partition coefficient (Wildman–Crippen LogP) is 1.90. The Balaban J connectivity index is 4.19. The first-order chi connectivity index (χ1) is 6.64. The highest BCUT2D eigenvalue weighted by Crippen LogP contribution is 2.30. The van der Waals surface area contributed by atoms with Gasteiger partial charge >= 0.3 is 5.97 Å². The standard InChI is InChI=1S/C11H20O3/c1-4-10(13)14-9-11(5-2,6-3)7-8-12/h4,12H,1,5-9H2,2-3H3. The maximum absolute atomic E-state index is 10.9. The average molecular weight is 200 g/mol. The number of carbonyl (C=O) groups excluding carboxylic acids is 1. The van der Waals surface area contributed by atoms with Crippen molar-refractivity contribution in [2.75, 3.05) is 13.2 Å². The molecule has 0 aromatic carbocycles. The van der Waals surface area contributed by atoms with Crippen molar-refractivity contribution in [3.8, 4) is 0 Å². The van der Waals surface area contributed by atoms with E-state index in [-0.39, 0.29) is 12.0 Å². The van der Waals surface area contributed by atoms with Crippen LogP contribution in [0.5, 0.6) is 0 Å². The van der Waals surface area contributed by atoms with E-state index >= 15 is 0 Å². The summed E-state index contributed by atoms with van der Waals surface area (Å²) in [6, 6.07) is 0. The van der Waals surface area contributed by atoms with Gasteiger partial charge in [-0.1, -0.05) is 20.4 Å². The highest BCUT2D eigenvalue weighted by Gasteiger charge is 2.26. The molecule has 0 aromatic heterocycles. The van der Waals surface area contributed by atoms with E-state index in [4.69, 9.17) is 9.84 Å². The first-order valence-corrected chi connectivity index (χ1v) is 5.04. The number of hydrogen-bond donors (Lipinski definition) is 1. The van der Waals surface area contributed by atoms with Gasteiger partial charge in [-0.15, -0.1) is 0 Å². The van der Waals surface area contributed by atoms with Crippen LogP contribution in [0.1, 0.15) is 33.1 Å². The van der Waals surface area contributed by atoms with Gasteiger partial charge in [0.05, 0.1) is 6.61 Å². The molecular weight excluding hydrogens is 180 g/mol. The number of ether oxygens (including phenoxy) is 1. The van der Waals surface area contributed by atoms with Crippen molar-refractivity contribution in [1.29, 1.82) is 0 Å². The Hall–Kier alpha value is -0.830. The van der Waals surface area contributed by atoms with Gasteiger partial charge in [-0.2, -0.15) is 0 Å². The number of carbonyl (C=O) groups is 1. The molecule has 3 heteroatoms. The van der Waals surface area contributed by atoms with Gasteiger partial charge in [0.1, 0.15) is 0 Å². The quantitative estimate of drug-likeness (QED) is 0.504. The molecule has 0 bridgehead atoms. The van der Waals surface area contributed by atoms with Gasteiger partial charge in [-0.3, -0.25) is 0 Å². The number of aliphatic hydroxyl groups excluding tert-OH is 1. The zero-order valence-electron chi connectivity index (χ0n) is 9.08. The van der Waals surface area contributed by atoms with E-state index in [1.165, 1.54) is 0 Å². The lowest BCUT2D eigenvalue weighted by Crippen LogP contribution is -2.28. The number of hydrogen-bond acceptors (Lipinski definition) is 3. The molecule has 0 aromatic rings. The molecule has 0 atom stereocenters. The van der Waals surface area contributed by atoms with Crippen LogP contribution in [0.2, 0.25) is 0 Å². The van der Waals surface area contributed by atoms with Crippen molar-refractivity contribution >= 4 is 5.97 Å². The van der Waals surface area contributed by atoms with E-state index in [2.05, 4.69) is 6.58 Å². The molecule has 1 N–H and O–H groups in total. The van der Waals surface area contributed by atoms with Gasteiger partial charge in [0.2, 0.25) is 0 Å². The molecule has 0 amide bonds. The minimum atomic E-state index is -0.394. The monoisotopic (exact) mass is 200 g/mol. The van der Waals surface area contributed by atoms with Gasteiger partial charge in [0, 0.05) is 18.1 Å². The second-order valence-corrected chi connectivity index (χ2v) is 3.49. The second kappa shape index (κ2) is 6.60. The van der Waals surface area contributed by atoms with E-state index in [1.54, 1.807) is 0 Å². The van der Waals surface area contributed by atoms with E-state index in [0.717, 1.165) is 18.9 Å². The zero-order chi connectivity index (χ0) is 11.0. The minimum absolute atomic E-state index is 0.0760. The fraction of sp³-hybridized carbons (Fsp3) is 0.727. The Bertz CT molecular complexity index is 183. The summed E-state index contributed by atoms with van der Waals surface area (Å²) in [5, 5.41) is 8.93. The molecule has 0 aliphatic rings. The molecule has 0 rings (SSSR count). The van der Waals surface area contributed by atoms with Crippen LogP contribution in [-0.4, -0.2) is 24.3 Å². The Kier molecular flexibility index (Phi) is 6.21. The summed E-state index contributed by atoms with van der Waals surface area (Å²) >= 11 is 0. The van der Waals surface area contributed by atoms with E-state index in [0.29, 0.717) is 13.0 Å². The Morgan fingerprint density at radius 1 is 1.50 bits per heavy atom. The number of rotatable bonds is 7. The van der Waals surface area contributed by atoms with Crippen molar-refractivity contribution in [1.82, 2.24) is 0 Å². The van der Waals surface area contributed by atoms with Gasteiger partial charge in [-0.05, 0) is 19.3 Å². The van der Waals surface area contributed by atoms with Gasteiger partial charge in [0.15, 0.2) is 0 Å². The Morgan fingerprint density at radius 3 is 2.43 bits per heavy atom. The maximum atomic E-state index is 10.9. The van der Waals surface area contributed by atoms with Gasteiger partial charge < -0.3 is 9.84 Å². The maximum Gasteiger partial charge on any atom is 0.330 e. The summed E-state index contributed by atoms with van der Waals surface area (Å²) in [5.74, 6) is -0.394. The summed E-state index contributed by atoms with van der Waals surface area (Å²) in [6.07, 6.45) is 3.63. The number of aliphatic hydroxyl groups is 1.